The summed E-state index contributed by atoms with van der Waals surface area (Å²) >= 11 is 0. The maximum absolute atomic E-state index is 14.2. The number of halogens is 1. The van der Waals surface area contributed by atoms with Crippen molar-refractivity contribution >= 4 is 11.0 Å². The quantitative estimate of drug-likeness (QED) is 0.246. The smallest absolute Gasteiger partial charge is 0.145 e. The molecule has 5 aromatic rings. The van der Waals surface area contributed by atoms with Crippen molar-refractivity contribution in [2.45, 2.75) is 58.8 Å². The Morgan fingerprint density at radius 1 is 0.730 bits per heavy atom. The van der Waals surface area contributed by atoms with E-state index in [0.717, 1.165) is 39.1 Å². The van der Waals surface area contributed by atoms with Crippen molar-refractivity contribution in [3.8, 4) is 28.2 Å². The molecule has 0 spiro atoms. The monoisotopic (exact) mass is 488 g/mol. The summed E-state index contributed by atoms with van der Waals surface area (Å²) in [5.41, 5.74) is 11.3. The lowest BCUT2D eigenvalue weighted by Crippen LogP contribution is -2.15. The summed E-state index contributed by atoms with van der Waals surface area (Å²) in [5, 5.41) is 0. The van der Waals surface area contributed by atoms with Gasteiger partial charge in [0.1, 0.15) is 11.6 Å². The third-order valence-electron chi connectivity index (χ3n) is 8.02. The van der Waals surface area contributed by atoms with E-state index < -0.39 is 0 Å². The highest BCUT2D eigenvalue weighted by Gasteiger charge is 2.36. The van der Waals surface area contributed by atoms with E-state index in [1.54, 1.807) is 12.1 Å². The highest BCUT2D eigenvalue weighted by Crippen LogP contribution is 2.50. The molecule has 0 unspecified atom stereocenters. The van der Waals surface area contributed by atoms with Crippen LogP contribution in [-0.2, 0) is 5.41 Å². The fourth-order valence-corrected chi connectivity index (χ4v) is 6.08. The van der Waals surface area contributed by atoms with E-state index in [2.05, 4.69) is 107 Å². The topological polar surface area (TPSA) is 17.8 Å². The molecule has 1 aliphatic rings. The lowest BCUT2D eigenvalue weighted by molar-refractivity contribution is 0.609. The van der Waals surface area contributed by atoms with Crippen molar-refractivity contribution in [3.05, 3.63) is 107 Å². The van der Waals surface area contributed by atoms with Crippen molar-refractivity contribution in [1.82, 2.24) is 9.55 Å². The fourth-order valence-electron chi connectivity index (χ4n) is 6.08. The number of para-hydroxylation sites is 3. The molecule has 0 N–H and O–H groups in total. The molecule has 0 atom stereocenters. The average Bonchev–Trinajstić information content (AvgIpc) is 3.36. The van der Waals surface area contributed by atoms with E-state index in [0.29, 0.717) is 11.8 Å². The van der Waals surface area contributed by atoms with Crippen LogP contribution in [0.3, 0.4) is 0 Å². The summed E-state index contributed by atoms with van der Waals surface area (Å²) in [6.45, 7) is 13.4. The second kappa shape index (κ2) is 8.41. The van der Waals surface area contributed by atoms with Gasteiger partial charge in [-0.3, -0.25) is 4.57 Å². The molecular formula is C34H33FN2. The molecule has 2 nitrogen and oxygen atoms in total. The number of fused-ring (bicyclic) bond motifs is 4. The van der Waals surface area contributed by atoms with Crippen LogP contribution < -0.4 is 0 Å². The molecule has 37 heavy (non-hydrogen) atoms. The Hall–Kier alpha value is -3.72. The Balaban J connectivity index is 1.67. The van der Waals surface area contributed by atoms with E-state index in [9.17, 15) is 4.39 Å². The van der Waals surface area contributed by atoms with Gasteiger partial charge in [-0.2, -0.15) is 0 Å². The summed E-state index contributed by atoms with van der Waals surface area (Å²) in [7, 11) is 0. The van der Waals surface area contributed by atoms with Crippen LogP contribution in [0.2, 0.25) is 0 Å². The summed E-state index contributed by atoms with van der Waals surface area (Å²) in [5.74, 6) is 1.48. The third kappa shape index (κ3) is 3.55. The zero-order chi connectivity index (χ0) is 26.1. The largest absolute Gasteiger partial charge is 0.292 e. The predicted molar refractivity (Wildman–Crippen MR) is 152 cm³/mol. The van der Waals surface area contributed by atoms with Crippen molar-refractivity contribution in [2.24, 2.45) is 0 Å². The molecule has 186 valence electrons. The van der Waals surface area contributed by atoms with Gasteiger partial charge in [0.2, 0.25) is 0 Å². The minimum absolute atomic E-state index is 0.187. The summed E-state index contributed by atoms with van der Waals surface area (Å²) < 4.78 is 16.6. The summed E-state index contributed by atoms with van der Waals surface area (Å²) in [6.07, 6.45) is 0. The van der Waals surface area contributed by atoms with E-state index in [4.69, 9.17) is 4.98 Å². The van der Waals surface area contributed by atoms with Gasteiger partial charge >= 0.3 is 0 Å². The van der Waals surface area contributed by atoms with Gasteiger partial charge in [0, 0.05) is 11.0 Å². The molecule has 0 saturated carbocycles. The molecule has 3 heteroatoms. The van der Waals surface area contributed by atoms with Gasteiger partial charge in [-0.1, -0.05) is 90.1 Å². The lowest BCUT2D eigenvalue weighted by Gasteiger charge is -2.23. The lowest BCUT2D eigenvalue weighted by atomic mass is 9.82. The fraction of sp³-hybridized carbons (Fsp3) is 0.265. The standard InChI is InChI=1S/C34H33FN2/c1-20(2)24-10-9-11-25(21(3)4)32(24)37-31-13-8-7-12-30(31)36-33(37)22-14-17-28-27(18-22)26-16-15-23(35)19-29(26)34(28,5)6/h7-21H,1-6H3. The molecule has 0 radical (unpaired) electrons. The van der Waals surface area contributed by atoms with Gasteiger partial charge in [-0.25, -0.2) is 9.37 Å². The molecule has 6 rings (SSSR count). The number of benzene rings is 4. The van der Waals surface area contributed by atoms with Crippen molar-refractivity contribution in [1.29, 1.82) is 0 Å². The van der Waals surface area contributed by atoms with Crippen LogP contribution in [0, 0.1) is 5.82 Å². The van der Waals surface area contributed by atoms with Gasteiger partial charge in [0.05, 0.1) is 16.7 Å². The van der Waals surface area contributed by atoms with Crippen molar-refractivity contribution in [3.63, 3.8) is 0 Å². The Labute approximate surface area is 218 Å². The molecule has 1 heterocycles. The SMILES string of the molecule is CC(C)c1cccc(C(C)C)c1-n1c(-c2ccc3c(c2)-c2ccc(F)cc2C3(C)C)nc2ccccc21. The van der Waals surface area contributed by atoms with Crippen molar-refractivity contribution < 1.29 is 4.39 Å². The maximum Gasteiger partial charge on any atom is 0.145 e. The van der Waals surface area contributed by atoms with Crippen LogP contribution in [0.15, 0.2) is 78.9 Å². The first-order chi connectivity index (χ1) is 17.7. The van der Waals surface area contributed by atoms with Gasteiger partial charge in [-0.15, -0.1) is 0 Å². The van der Waals surface area contributed by atoms with Gasteiger partial charge < -0.3 is 0 Å². The first-order valence-corrected chi connectivity index (χ1v) is 13.2. The minimum Gasteiger partial charge on any atom is -0.292 e. The van der Waals surface area contributed by atoms with Gasteiger partial charge in [0.25, 0.3) is 0 Å². The molecule has 0 fully saturated rings. The minimum atomic E-state index is -0.250. The van der Waals surface area contributed by atoms with Crippen LogP contribution in [0.5, 0.6) is 0 Å². The first-order valence-electron chi connectivity index (χ1n) is 13.2. The van der Waals surface area contributed by atoms with E-state index >= 15 is 0 Å². The molecule has 0 amide bonds. The number of aromatic nitrogens is 2. The number of hydrogen-bond donors (Lipinski definition) is 0. The predicted octanol–water partition coefficient (Wildman–Crippen LogP) is 9.38. The third-order valence-corrected chi connectivity index (χ3v) is 8.02. The zero-order valence-electron chi connectivity index (χ0n) is 22.4. The molecule has 0 bridgehead atoms. The Morgan fingerprint density at radius 3 is 2.14 bits per heavy atom. The number of imidazole rings is 1. The molecule has 0 aliphatic heterocycles. The van der Waals surface area contributed by atoms with Crippen LogP contribution >= 0.6 is 0 Å². The Morgan fingerprint density at radius 2 is 1.43 bits per heavy atom. The van der Waals surface area contributed by atoms with Crippen LogP contribution in [-0.4, -0.2) is 9.55 Å². The van der Waals surface area contributed by atoms with Crippen LogP contribution in [0.1, 0.15) is 75.6 Å². The number of nitrogens with zero attached hydrogens (tertiary/aromatic N) is 2. The highest BCUT2D eigenvalue weighted by atomic mass is 19.1. The molecule has 0 saturated heterocycles. The Bertz CT molecular complexity index is 1640. The highest BCUT2D eigenvalue weighted by molar-refractivity contribution is 5.88. The van der Waals surface area contributed by atoms with Crippen LogP contribution in [0.4, 0.5) is 4.39 Å². The van der Waals surface area contributed by atoms with Gasteiger partial charge in [-0.05, 0) is 75.5 Å². The van der Waals surface area contributed by atoms with E-state index in [-0.39, 0.29) is 11.2 Å². The zero-order valence-corrected chi connectivity index (χ0v) is 22.4. The Kier molecular flexibility index (Phi) is 5.38. The molecule has 1 aliphatic carbocycles. The summed E-state index contributed by atoms with van der Waals surface area (Å²) in [6, 6.07) is 26.9. The molecule has 4 aromatic carbocycles. The van der Waals surface area contributed by atoms with E-state index in [1.165, 1.54) is 22.4 Å². The van der Waals surface area contributed by atoms with Crippen molar-refractivity contribution in [2.75, 3.05) is 0 Å². The van der Waals surface area contributed by atoms with Gasteiger partial charge in [0.15, 0.2) is 0 Å². The normalized spacial score (nSPS) is 14.0. The van der Waals surface area contributed by atoms with Crippen LogP contribution in [0.25, 0.3) is 39.2 Å². The second-order valence-electron chi connectivity index (χ2n) is 11.4. The van der Waals surface area contributed by atoms with E-state index in [1.807, 2.05) is 6.07 Å². The molecule has 1 aromatic heterocycles. The molecular weight excluding hydrogens is 455 g/mol. The first kappa shape index (κ1) is 23.7. The maximum atomic E-state index is 14.2. The average molecular weight is 489 g/mol. The number of hydrogen-bond acceptors (Lipinski definition) is 1. The second-order valence-corrected chi connectivity index (χ2v) is 11.4. The summed E-state index contributed by atoms with van der Waals surface area (Å²) in [4.78, 5) is 5.20. The number of rotatable bonds is 4.